The second-order valence-corrected chi connectivity index (χ2v) is 9.30. The molecule has 16 nitrogen and oxygen atoms in total. The molecule has 4 aromatic rings. The minimum atomic E-state index is -1.28. The topological polar surface area (TPSA) is 274 Å². The fraction of sp³-hybridized carbons (Fsp3) is 0.185. The number of aromatic nitrogens is 4. The minimum Gasteiger partial charge on any atom is -0.480 e. The van der Waals surface area contributed by atoms with Crippen LogP contribution < -0.4 is 33.2 Å². The smallest absolute Gasteiger partial charge is 0.336 e. The Morgan fingerprint density at radius 1 is 0.884 bits per heavy atom. The van der Waals surface area contributed by atoms with E-state index in [1.54, 1.807) is 12.1 Å². The molecule has 43 heavy (non-hydrogen) atoms. The summed E-state index contributed by atoms with van der Waals surface area (Å²) in [5.41, 5.74) is 19.1. The fourth-order valence-corrected chi connectivity index (χ4v) is 4.04. The molecule has 11 N–H and O–H groups in total. The highest BCUT2D eigenvalue weighted by molar-refractivity contribution is 6.05. The Bertz CT molecular complexity index is 1700. The van der Waals surface area contributed by atoms with Crippen molar-refractivity contribution < 1.29 is 29.4 Å². The van der Waals surface area contributed by atoms with Crippen molar-refractivity contribution in [2.45, 2.75) is 25.4 Å². The van der Waals surface area contributed by atoms with Gasteiger partial charge in [0.2, 0.25) is 5.95 Å². The lowest BCUT2D eigenvalue weighted by Gasteiger charge is -2.15. The quantitative estimate of drug-likeness (QED) is 0.0842. The van der Waals surface area contributed by atoms with Gasteiger partial charge in [0.25, 0.3) is 11.8 Å². The molecule has 0 aliphatic heterocycles. The van der Waals surface area contributed by atoms with Gasteiger partial charge in [0.15, 0.2) is 17.0 Å². The highest BCUT2D eigenvalue weighted by Gasteiger charge is 2.21. The molecule has 0 aliphatic rings. The zero-order valence-corrected chi connectivity index (χ0v) is 22.6. The number of aromatic carboxylic acids is 1. The summed E-state index contributed by atoms with van der Waals surface area (Å²) >= 11 is 0. The van der Waals surface area contributed by atoms with E-state index in [4.69, 9.17) is 17.2 Å². The van der Waals surface area contributed by atoms with Crippen molar-refractivity contribution in [1.29, 1.82) is 0 Å². The maximum absolute atomic E-state index is 12.7. The molecule has 0 saturated carbocycles. The first-order valence-electron chi connectivity index (χ1n) is 12.8. The van der Waals surface area contributed by atoms with Crippen molar-refractivity contribution in [3.05, 3.63) is 71.0 Å². The molecule has 16 heteroatoms. The number of nitrogen functional groups attached to an aromatic ring is 3. The average Bonchev–Trinajstić information content (AvgIpc) is 2.97. The standard InChI is InChI=1S/C27H28N10O6/c28-14-5-8-17(25(40)41)18(10-14)24(39)31-9-1-2-19(26(42)43)35-23(38)13-3-6-15(7-4-13)32-11-16-12-33-22-20(34-16)21(29)36-27(30)37-22/h3-8,10,12,19,32H,1-2,9,11,28H2,(H,31,39)(H,35,38)(H,40,41)(H,42,43)(H4,29,30,33,36,37)/t19-/m0/s1. The maximum Gasteiger partial charge on any atom is 0.336 e. The lowest BCUT2D eigenvalue weighted by molar-refractivity contribution is -0.139. The highest BCUT2D eigenvalue weighted by Crippen LogP contribution is 2.17. The molecule has 0 spiro atoms. The van der Waals surface area contributed by atoms with Crippen molar-refractivity contribution in [3.63, 3.8) is 0 Å². The van der Waals surface area contributed by atoms with E-state index in [1.807, 2.05) is 0 Å². The fourth-order valence-electron chi connectivity index (χ4n) is 4.04. The Morgan fingerprint density at radius 3 is 2.33 bits per heavy atom. The second kappa shape index (κ2) is 13.1. The number of carboxylic acids is 2. The lowest BCUT2D eigenvalue weighted by Crippen LogP contribution is -2.41. The molecule has 2 aromatic heterocycles. The van der Waals surface area contributed by atoms with Crippen LogP contribution in [0.5, 0.6) is 0 Å². The molecule has 0 radical (unpaired) electrons. The van der Waals surface area contributed by atoms with Gasteiger partial charge in [-0.3, -0.25) is 9.59 Å². The number of rotatable bonds is 12. The molecule has 2 amide bonds. The number of carboxylic acid groups (broad SMARTS) is 2. The number of amides is 2. The van der Waals surface area contributed by atoms with E-state index >= 15 is 0 Å². The van der Waals surface area contributed by atoms with E-state index in [2.05, 4.69) is 35.9 Å². The molecule has 0 saturated heterocycles. The number of nitrogens with two attached hydrogens (primary N) is 3. The van der Waals surface area contributed by atoms with Crippen LogP contribution in [0, 0.1) is 0 Å². The summed E-state index contributed by atoms with van der Waals surface area (Å²) in [4.78, 5) is 64.7. The Balaban J connectivity index is 1.28. The van der Waals surface area contributed by atoms with Gasteiger partial charge in [-0.2, -0.15) is 9.97 Å². The summed E-state index contributed by atoms with van der Waals surface area (Å²) in [6.45, 7) is 0.327. The number of nitrogens with zero attached hydrogens (tertiary/aromatic N) is 4. The SMILES string of the molecule is Nc1ccc(C(=O)O)c(C(=O)NCCC[C@H](NC(=O)c2ccc(NCc3cnc4nc(N)nc(N)c4n3)cc2)C(=O)O)c1. The first-order chi connectivity index (χ1) is 20.5. The molecule has 2 heterocycles. The Labute approximate surface area is 243 Å². The summed E-state index contributed by atoms with van der Waals surface area (Å²) in [5.74, 6) is -3.67. The molecule has 2 aromatic carbocycles. The van der Waals surface area contributed by atoms with Gasteiger partial charge in [-0.05, 0) is 55.3 Å². The number of nitrogens with one attached hydrogen (secondary N) is 3. The third kappa shape index (κ3) is 7.57. The van der Waals surface area contributed by atoms with Crippen molar-refractivity contribution in [3.8, 4) is 0 Å². The number of hydrogen-bond acceptors (Lipinski definition) is 12. The van der Waals surface area contributed by atoms with E-state index in [0.29, 0.717) is 16.9 Å². The van der Waals surface area contributed by atoms with Gasteiger partial charge in [-0.25, -0.2) is 19.6 Å². The number of benzene rings is 2. The third-order valence-corrected chi connectivity index (χ3v) is 6.20. The molecule has 4 rings (SSSR count). The average molecular weight is 589 g/mol. The first kappa shape index (κ1) is 29.9. The van der Waals surface area contributed by atoms with Gasteiger partial charge < -0.3 is 43.4 Å². The molecule has 0 unspecified atom stereocenters. The summed E-state index contributed by atoms with van der Waals surface area (Å²) < 4.78 is 0. The van der Waals surface area contributed by atoms with Gasteiger partial charge in [0.1, 0.15) is 6.04 Å². The van der Waals surface area contributed by atoms with E-state index in [9.17, 15) is 29.4 Å². The van der Waals surface area contributed by atoms with Crippen molar-refractivity contribution in [1.82, 2.24) is 30.6 Å². The van der Waals surface area contributed by atoms with Crippen LogP contribution in [0.1, 0.15) is 49.6 Å². The lowest BCUT2D eigenvalue weighted by atomic mass is 10.1. The van der Waals surface area contributed by atoms with Crippen LogP contribution in [0.25, 0.3) is 11.2 Å². The van der Waals surface area contributed by atoms with Crippen LogP contribution in [-0.4, -0.2) is 66.5 Å². The predicted octanol–water partition coefficient (Wildman–Crippen LogP) is 0.870. The summed E-state index contributed by atoms with van der Waals surface area (Å²) in [7, 11) is 0. The molecule has 222 valence electrons. The summed E-state index contributed by atoms with van der Waals surface area (Å²) in [6.07, 6.45) is 1.73. The van der Waals surface area contributed by atoms with Crippen LogP contribution in [0.2, 0.25) is 0 Å². The molecule has 0 bridgehead atoms. The first-order valence-corrected chi connectivity index (χ1v) is 12.8. The molecule has 0 fully saturated rings. The Hall–Kier alpha value is -6.06. The molecule has 0 aliphatic carbocycles. The highest BCUT2D eigenvalue weighted by atomic mass is 16.4. The zero-order valence-electron chi connectivity index (χ0n) is 22.6. The van der Waals surface area contributed by atoms with Gasteiger partial charge >= 0.3 is 11.9 Å². The normalized spacial score (nSPS) is 11.4. The number of carbonyl (C=O) groups excluding carboxylic acids is 2. The summed E-state index contributed by atoms with van der Waals surface area (Å²) in [5, 5.41) is 27.0. The molecular formula is C27H28N10O6. The monoisotopic (exact) mass is 588 g/mol. The molecule has 1 atom stereocenters. The van der Waals surface area contributed by atoms with E-state index in [1.165, 1.54) is 36.5 Å². The zero-order chi connectivity index (χ0) is 31.1. The molecular weight excluding hydrogens is 560 g/mol. The third-order valence-electron chi connectivity index (χ3n) is 6.20. The predicted molar refractivity (Wildman–Crippen MR) is 156 cm³/mol. The van der Waals surface area contributed by atoms with Crippen LogP contribution in [0.4, 0.5) is 23.1 Å². The van der Waals surface area contributed by atoms with E-state index < -0.39 is 29.8 Å². The van der Waals surface area contributed by atoms with Crippen molar-refractivity contribution >= 4 is 58.1 Å². The Morgan fingerprint density at radius 2 is 1.63 bits per heavy atom. The minimum absolute atomic E-state index is 0.000217. The van der Waals surface area contributed by atoms with Gasteiger partial charge in [0, 0.05) is 23.5 Å². The van der Waals surface area contributed by atoms with Crippen molar-refractivity contribution in [2.75, 3.05) is 29.1 Å². The number of aliphatic carboxylic acids is 1. The number of fused-ring (bicyclic) bond motifs is 1. The Kier molecular flexibility index (Phi) is 9.09. The second-order valence-electron chi connectivity index (χ2n) is 9.30. The largest absolute Gasteiger partial charge is 0.480 e. The van der Waals surface area contributed by atoms with Crippen LogP contribution >= 0.6 is 0 Å². The van der Waals surface area contributed by atoms with Gasteiger partial charge in [0.05, 0.1) is 29.6 Å². The van der Waals surface area contributed by atoms with E-state index in [-0.39, 0.29) is 65.7 Å². The number of hydrogen-bond donors (Lipinski definition) is 8. The summed E-state index contributed by atoms with van der Waals surface area (Å²) in [6, 6.07) is 8.99. The number of anilines is 4. The maximum atomic E-state index is 12.7. The van der Waals surface area contributed by atoms with E-state index in [0.717, 1.165) is 0 Å². The van der Waals surface area contributed by atoms with Crippen LogP contribution in [0.3, 0.4) is 0 Å². The van der Waals surface area contributed by atoms with Crippen molar-refractivity contribution in [2.24, 2.45) is 0 Å². The van der Waals surface area contributed by atoms with Gasteiger partial charge in [-0.1, -0.05) is 0 Å². The van der Waals surface area contributed by atoms with Crippen LogP contribution in [0.15, 0.2) is 48.7 Å². The van der Waals surface area contributed by atoms with Crippen LogP contribution in [-0.2, 0) is 11.3 Å². The van der Waals surface area contributed by atoms with Gasteiger partial charge in [-0.15, -0.1) is 0 Å². The number of carbonyl (C=O) groups is 4.